The molecule has 0 aromatic rings. The van der Waals surface area contributed by atoms with Crippen LogP contribution in [0.25, 0.3) is 0 Å². The van der Waals surface area contributed by atoms with Crippen LogP contribution in [0.3, 0.4) is 0 Å². The molecular formula is C30H48O3. The van der Waals surface area contributed by atoms with Crippen LogP contribution in [0.15, 0.2) is 11.6 Å². The summed E-state index contributed by atoms with van der Waals surface area (Å²) in [5.41, 5.74) is 1.56. The number of aliphatic hydroxyl groups excluding tert-OH is 1. The van der Waals surface area contributed by atoms with Gasteiger partial charge in [-0.25, -0.2) is 0 Å². The molecular weight excluding hydrogens is 408 g/mol. The minimum Gasteiger partial charge on any atom is -0.481 e. The minimum absolute atomic E-state index is 0.0311. The first kappa shape index (κ1) is 23.9. The molecule has 5 rings (SSSR count). The summed E-state index contributed by atoms with van der Waals surface area (Å²) in [5.74, 6) is 1.96. The van der Waals surface area contributed by atoms with Gasteiger partial charge in [-0.2, -0.15) is 0 Å². The third-order valence-corrected chi connectivity index (χ3v) is 13.5. The molecule has 0 radical (unpaired) electrons. The number of aliphatic hydroxyl groups is 1. The van der Waals surface area contributed by atoms with Crippen molar-refractivity contribution in [1.82, 2.24) is 0 Å². The van der Waals surface area contributed by atoms with E-state index in [1.807, 2.05) is 6.92 Å². The molecule has 0 bridgehead atoms. The SMILES string of the molecule is C[C@H]1[C@H](C)CC[C@]2(C)CC[C@]3(C)C(=CC[C@@H]4[C@]5(C)CC[C@H](O)[C@](C)(C(=O)O)[C@@H]5CC[C@@]43C)[C@@H]12. The monoisotopic (exact) mass is 456 g/mol. The summed E-state index contributed by atoms with van der Waals surface area (Å²) in [7, 11) is 0. The van der Waals surface area contributed by atoms with E-state index in [1.165, 1.54) is 25.7 Å². The average molecular weight is 457 g/mol. The highest BCUT2D eigenvalue weighted by Gasteiger charge is 2.69. The van der Waals surface area contributed by atoms with Gasteiger partial charge in [0.25, 0.3) is 0 Å². The van der Waals surface area contributed by atoms with E-state index in [0.717, 1.165) is 37.5 Å². The molecule has 186 valence electrons. The van der Waals surface area contributed by atoms with Crippen molar-refractivity contribution in [3.63, 3.8) is 0 Å². The number of carboxylic acid groups (broad SMARTS) is 1. The fourth-order valence-electron chi connectivity index (χ4n) is 10.8. The van der Waals surface area contributed by atoms with Gasteiger partial charge >= 0.3 is 5.97 Å². The lowest BCUT2D eigenvalue weighted by Gasteiger charge is -2.71. The zero-order valence-electron chi connectivity index (χ0n) is 22.2. The van der Waals surface area contributed by atoms with Crippen molar-refractivity contribution in [3.8, 4) is 0 Å². The van der Waals surface area contributed by atoms with Gasteiger partial charge in [0, 0.05) is 0 Å². The van der Waals surface area contributed by atoms with E-state index in [9.17, 15) is 15.0 Å². The molecule has 11 atom stereocenters. The van der Waals surface area contributed by atoms with Gasteiger partial charge in [0.05, 0.1) is 11.5 Å². The highest BCUT2D eigenvalue weighted by Crippen LogP contribution is 2.75. The Bertz CT molecular complexity index is 878. The predicted octanol–water partition coefficient (Wildman–Crippen LogP) is 7.09. The lowest BCUT2D eigenvalue weighted by molar-refractivity contribution is -0.217. The van der Waals surface area contributed by atoms with Crippen LogP contribution < -0.4 is 0 Å². The van der Waals surface area contributed by atoms with E-state index < -0.39 is 17.5 Å². The molecule has 5 aliphatic rings. The summed E-state index contributed by atoms with van der Waals surface area (Å²) in [6.07, 6.45) is 12.0. The molecule has 0 saturated heterocycles. The molecule has 4 fully saturated rings. The zero-order chi connectivity index (χ0) is 24.2. The van der Waals surface area contributed by atoms with Crippen LogP contribution in [-0.2, 0) is 4.79 Å². The first-order valence-corrected chi connectivity index (χ1v) is 13.9. The number of aliphatic carboxylic acids is 1. The largest absolute Gasteiger partial charge is 0.481 e. The van der Waals surface area contributed by atoms with Crippen LogP contribution in [0, 0.1) is 56.7 Å². The predicted molar refractivity (Wildman–Crippen MR) is 133 cm³/mol. The summed E-state index contributed by atoms with van der Waals surface area (Å²) in [6.45, 7) is 17.0. The molecule has 5 aliphatic carbocycles. The third-order valence-electron chi connectivity index (χ3n) is 13.5. The van der Waals surface area contributed by atoms with Crippen molar-refractivity contribution in [2.45, 2.75) is 112 Å². The zero-order valence-corrected chi connectivity index (χ0v) is 22.2. The van der Waals surface area contributed by atoms with Crippen LogP contribution in [-0.4, -0.2) is 22.3 Å². The van der Waals surface area contributed by atoms with E-state index in [-0.39, 0.29) is 22.2 Å². The quantitative estimate of drug-likeness (QED) is 0.414. The number of rotatable bonds is 1. The van der Waals surface area contributed by atoms with Gasteiger partial charge in [-0.1, -0.05) is 53.2 Å². The smallest absolute Gasteiger partial charge is 0.312 e. The molecule has 4 saturated carbocycles. The van der Waals surface area contributed by atoms with Gasteiger partial charge in [-0.15, -0.1) is 0 Å². The molecule has 0 aromatic carbocycles. The van der Waals surface area contributed by atoms with E-state index in [1.54, 1.807) is 5.57 Å². The van der Waals surface area contributed by atoms with Gasteiger partial charge in [0.15, 0.2) is 0 Å². The number of hydrogen-bond acceptors (Lipinski definition) is 2. The van der Waals surface area contributed by atoms with Crippen molar-refractivity contribution < 1.29 is 15.0 Å². The topological polar surface area (TPSA) is 57.5 Å². The van der Waals surface area contributed by atoms with E-state index >= 15 is 0 Å². The lowest BCUT2D eigenvalue weighted by Crippen LogP contribution is -2.66. The lowest BCUT2D eigenvalue weighted by atomic mass is 9.33. The minimum atomic E-state index is -1.03. The first-order chi connectivity index (χ1) is 15.3. The standard InChI is InChI=1S/C30H48O3/c1-18-10-13-26(3)16-17-28(5)20(24(26)19(18)2)8-9-21-27(4)14-12-23(31)30(7,25(32)33)22(27)11-15-29(21,28)6/h8,18-19,21-24,31H,9-17H2,1-7H3,(H,32,33)/t18-,19+,21-,22-,23+,24-,26-,27+,28-,29+,30-/m1/s1. The Hall–Kier alpha value is -0.830. The number of allylic oxidation sites excluding steroid dienone is 2. The van der Waals surface area contributed by atoms with Crippen molar-refractivity contribution in [3.05, 3.63) is 11.6 Å². The molecule has 3 nitrogen and oxygen atoms in total. The van der Waals surface area contributed by atoms with Crippen LogP contribution in [0.5, 0.6) is 0 Å². The van der Waals surface area contributed by atoms with Gasteiger partial charge < -0.3 is 10.2 Å². The summed E-state index contributed by atoms with van der Waals surface area (Å²) >= 11 is 0. The second-order valence-corrected chi connectivity index (χ2v) is 14.4. The highest BCUT2D eigenvalue weighted by atomic mass is 16.4. The van der Waals surface area contributed by atoms with Gasteiger partial charge in [0.1, 0.15) is 0 Å². The number of hydrogen-bond donors (Lipinski definition) is 2. The Morgan fingerprint density at radius 2 is 1.61 bits per heavy atom. The maximum Gasteiger partial charge on any atom is 0.312 e. The molecule has 33 heavy (non-hydrogen) atoms. The molecule has 0 aliphatic heterocycles. The number of carboxylic acids is 1. The fraction of sp³-hybridized carbons (Fsp3) is 0.900. The molecule has 0 amide bonds. The van der Waals surface area contributed by atoms with Gasteiger partial charge in [-0.05, 0) is 116 Å². The molecule has 3 heteroatoms. The second-order valence-electron chi connectivity index (χ2n) is 14.4. The van der Waals surface area contributed by atoms with E-state index in [2.05, 4.69) is 47.6 Å². The summed E-state index contributed by atoms with van der Waals surface area (Å²) < 4.78 is 0. The molecule has 0 heterocycles. The Morgan fingerprint density at radius 3 is 2.27 bits per heavy atom. The Balaban J connectivity index is 1.60. The summed E-state index contributed by atoms with van der Waals surface area (Å²) in [4.78, 5) is 12.5. The Kier molecular flexibility index (Phi) is 5.15. The maximum atomic E-state index is 12.5. The third kappa shape index (κ3) is 2.75. The van der Waals surface area contributed by atoms with Crippen molar-refractivity contribution in [1.29, 1.82) is 0 Å². The molecule has 2 N–H and O–H groups in total. The number of carbonyl (C=O) groups is 1. The Morgan fingerprint density at radius 1 is 0.909 bits per heavy atom. The van der Waals surface area contributed by atoms with E-state index in [0.29, 0.717) is 23.7 Å². The average Bonchev–Trinajstić information content (AvgIpc) is 2.75. The van der Waals surface area contributed by atoms with Gasteiger partial charge in [0.2, 0.25) is 0 Å². The normalized spacial score (nSPS) is 58.2. The summed E-state index contributed by atoms with van der Waals surface area (Å²) in [5, 5.41) is 21.1. The first-order valence-electron chi connectivity index (χ1n) is 13.9. The van der Waals surface area contributed by atoms with Crippen molar-refractivity contribution >= 4 is 5.97 Å². The molecule has 0 spiro atoms. The van der Waals surface area contributed by atoms with Crippen LogP contribution in [0.2, 0.25) is 0 Å². The van der Waals surface area contributed by atoms with Gasteiger partial charge in [-0.3, -0.25) is 4.79 Å². The highest BCUT2D eigenvalue weighted by molar-refractivity contribution is 5.76. The van der Waals surface area contributed by atoms with E-state index in [4.69, 9.17) is 0 Å². The van der Waals surface area contributed by atoms with Crippen LogP contribution in [0.1, 0.15) is 106 Å². The number of fused-ring (bicyclic) bond motifs is 7. The van der Waals surface area contributed by atoms with Crippen molar-refractivity contribution in [2.75, 3.05) is 0 Å². The Labute approximate surface area is 201 Å². The van der Waals surface area contributed by atoms with Crippen LogP contribution in [0.4, 0.5) is 0 Å². The fourth-order valence-corrected chi connectivity index (χ4v) is 10.8. The summed E-state index contributed by atoms with van der Waals surface area (Å²) in [6, 6.07) is 0. The van der Waals surface area contributed by atoms with Crippen LogP contribution >= 0.6 is 0 Å². The molecule has 0 aromatic heterocycles. The molecule has 0 unspecified atom stereocenters. The van der Waals surface area contributed by atoms with Crippen molar-refractivity contribution in [2.24, 2.45) is 56.7 Å². The second kappa shape index (κ2) is 7.11. The maximum absolute atomic E-state index is 12.5.